The first-order valence-corrected chi connectivity index (χ1v) is 12.6. The van der Waals surface area contributed by atoms with E-state index in [2.05, 4.69) is 15.6 Å². The number of alkyl halides is 3. The Labute approximate surface area is 224 Å². The maximum atomic E-state index is 13.7. The van der Waals surface area contributed by atoms with Crippen LogP contribution in [0.3, 0.4) is 0 Å². The van der Waals surface area contributed by atoms with Gasteiger partial charge in [0.05, 0.1) is 11.5 Å². The van der Waals surface area contributed by atoms with Crippen LogP contribution in [0, 0.1) is 0 Å². The lowest BCUT2D eigenvalue weighted by molar-refractivity contribution is -0.137. The minimum Gasteiger partial charge on any atom is -0.370 e. The van der Waals surface area contributed by atoms with Crippen LogP contribution < -0.4 is 22.1 Å². The highest BCUT2D eigenvalue weighted by Gasteiger charge is 2.33. The standard InChI is InChI=1S/C29H30F3N5O2/c30-29(31,32)21-13-11-18(12-14-21)17-36-26(38)24(10-5-15-35-28(33)34)37-27(39)25-22-8-3-1-6-19(22)16-20-7-2-4-9-23(20)25/h1-4,6-9,11-14,24-25H,5,10,15-17H2,(H,36,38)(H,37,39)(H4,33,34,35)/t24-/m1/s1. The van der Waals surface area contributed by atoms with Gasteiger partial charge in [0.2, 0.25) is 11.8 Å². The number of carbonyl (C=O) groups is 2. The molecule has 0 radical (unpaired) electrons. The van der Waals surface area contributed by atoms with E-state index in [0.29, 0.717) is 18.4 Å². The zero-order valence-corrected chi connectivity index (χ0v) is 21.2. The molecule has 0 aliphatic heterocycles. The Morgan fingerprint density at radius 1 is 0.923 bits per heavy atom. The van der Waals surface area contributed by atoms with E-state index in [4.69, 9.17) is 11.5 Å². The first kappa shape index (κ1) is 27.7. The van der Waals surface area contributed by atoms with Crippen molar-refractivity contribution in [3.05, 3.63) is 106 Å². The zero-order chi connectivity index (χ0) is 28.0. The van der Waals surface area contributed by atoms with Crippen LogP contribution in [-0.2, 0) is 28.7 Å². The van der Waals surface area contributed by atoms with Gasteiger partial charge in [0.25, 0.3) is 0 Å². The van der Waals surface area contributed by atoms with E-state index < -0.39 is 29.6 Å². The molecule has 1 aliphatic rings. The van der Waals surface area contributed by atoms with E-state index in [1.807, 2.05) is 48.5 Å². The van der Waals surface area contributed by atoms with Gasteiger partial charge < -0.3 is 22.1 Å². The molecule has 6 N–H and O–H groups in total. The second-order valence-corrected chi connectivity index (χ2v) is 9.43. The molecule has 10 heteroatoms. The smallest absolute Gasteiger partial charge is 0.370 e. The quantitative estimate of drug-likeness (QED) is 0.189. The van der Waals surface area contributed by atoms with Crippen molar-refractivity contribution in [3.63, 3.8) is 0 Å². The number of rotatable bonds is 9. The summed E-state index contributed by atoms with van der Waals surface area (Å²) in [5, 5.41) is 5.64. The van der Waals surface area contributed by atoms with Gasteiger partial charge in [-0.2, -0.15) is 13.2 Å². The van der Waals surface area contributed by atoms with Gasteiger partial charge in [0.1, 0.15) is 6.04 Å². The van der Waals surface area contributed by atoms with Crippen LogP contribution in [0.1, 0.15) is 52.1 Å². The molecular formula is C29H30F3N5O2. The van der Waals surface area contributed by atoms with Crippen LogP contribution in [0.15, 0.2) is 77.8 Å². The third kappa shape index (κ3) is 6.95. The number of hydrogen-bond donors (Lipinski definition) is 4. The second kappa shape index (κ2) is 12.0. The van der Waals surface area contributed by atoms with Gasteiger partial charge in [-0.1, -0.05) is 60.7 Å². The van der Waals surface area contributed by atoms with Crippen molar-refractivity contribution >= 4 is 17.8 Å². The summed E-state index contributed by atoms with van der Waals surface area (Å²) in [5.41, 5.74) is 14.4. The molecule has 39 heavy (non-hydrogen) atoms. The highest BCUT2D eigenvalue weighted by Crippen LogP contribution is 2.36. The Balaban J connectivity index is 1.51. The second-order valence-electron chi connectivity index (χ2n) is 9.43. The number of nitrogens with two attached hydrogens (primary N) is 2. The molecule has 0 aromatic heterocycles. The van der Waals surface area contributed by atoms with Crippen LogP contribution in [0.5, 0.6) is 0 Å². The summed E-state index contributed by atoms with van der Waals surface area (Å²) in [6.07, 6.45) is -3.04. The summed E-state index contributed by atoms with van der Waals surface area (Å²) in [5.74, 6) is -1.43. The lowest BCUT2D eigenvalue weighted by atomic mass is 9.77. The molecule has 0 heterocycles. The fraction of sp³-hybridized carbons (Fsp3) is 0.276. The van der Waals surface area contributed by atoms with Gasteiger partial charge in [0.15, 0.2) is 5.96 Å². The van der Waals surface area contributed by atoms with Crippen molar-refractivity contribution in [2.75, 3.05) is 6.54 Å². The number of benzene rings is 3. The van der Waals surface area contributed by atoms with Gasteiger partial charge in [-0.3, -0.25) is 14.6 Å². The summed E-state index contributed by atoms with van der Waals surface area (Å²) in [6.45, 7) is 0.280. The van der Waals surface area contributed by atoms with Crippen LogP contribution in [-0.4, -0.2) is 30.4 Å². The van der Waals surface area contributed by atoms with Crippen molar-refractivity contribution in [2.45, 2.75) is 43.9 Å². The SMILES string of the molecule is NC(N)=NCCC[C@@H](NC(=O)C1c2ccccc2Cc2ccccc21)C(=O)NCc1ccc(C(F)(F)F)cc1. The molecule has 0 spiro atoms. The number of nitrogens with one attached hydrogen (secondary N) is 2. The number of aliphatic imine (C=N–C) groups is 1. The molecule has 7 nitrogen and oxygen atoms in total. The number of amides is 2. The average Bonchev–Trinajstić information content (AvgIpc) is 2.91. The van der Waals surface area contributed by atoms with Crippen molar-refractivity contribution in [3.8, 4) is 0 Å². The summed E-state index contributed by atoms with van der Waals surface area (Å²) in [7, 11) is 0. The number of carbonyl (C=O) groups excluding carboxylic acids is 2. The molecule has 0 saturated carbocycles. The molecule has 1 aliphatic carbocycles. The Hall–Kier alpha value is -4.34. The fourth-order valence-corrected chi connectivity index (χ4v) is 4.76. The molecule has 2 amide bonds. The van der Waals surface area contributed by atoms with Crippen molar-refractivity contribution in [2.24, 2.45) is 16.5 Å². The van der Waals surface area contributed by atoms with Gasteiger partial charge in [0, 0.05) is 13.1 Å². The predicted octanol–water partition coefficient (Wildman–Crippen LogP) is 3.60. The van der Waals surface area contributed by atoms with Gasteiger partial charge in [-0.25, -0.2) is 0 Å². The molecule has 204 valence electrons. The van der Waals surface area contributed by atoms with Crippen LogP contribution in [0.4, 0.5) is 13.2 Å². The van der Waals surface area contributed by atoms with E-state index >= 15 is 0 Å². The molecule has 0 bridgehead atoms. The largest absolute Gasteiger partial charge is 0.416 e. The van der Waals surface area contributed by atoms with Gasteiger partial charge in [-0.15, -0.1) is 0 Å². The fourth-order valence-electron chi connectivity index (χ4n) is 4.76. The van der Waals surface area contributed by atoms with Crippen molar-refractivity contribution in [1.29, 1.82) is 0 Å². The summed E-state index contributed by atoms with van der Waals surface area (Å²) in [4.78, 5) is 30.9. The first-order chi connectivity index (χ1) is 18.6. The summed E-state index contributed by atoms with van der Waals surface area (Å²) in [6, 6.07) is 19.1. The van der Waals surface area contributed by atoms with Crippen LogP contribution >= 0.6 is 0 Å². The monoisotopic (exact) mass is 537 g/mol. The Kier molecular flexibility index (Phi) is 8.53. The van der Waals surface area contributed by atoms with Gasteiger partial charge in [-0.05, 0) is 59.2 Å². The third-order valence-electron chi connectivity index (χ3n) is 6.70. The van der Waals surface area contributed by atoms with Crippen molar-refractivity contribution in [1.82, 2.24) is 10.6 Å². The van der Waals surface area contributed by atoms with Crippen LogP contribution in [0.2, 0.25) is 0 Å². The Bertz CT molecular complexity index is 1310. The Morgan fingerprint density at radius 2 is 1.51 bits per heavy atom. The lowest BCUT2D eigenvalue weighted by Crippen LogP contribution is -2.48. The minimum atomic E-state index is -4.44. The molecule has 3 aromatic rings. The predicted molar refractivity (Wildman–Crippen MR) is 143 cm³/mol. The Morgan fingerprint density at radius 3 is 2.08 bits per heavy atom. The number of guanidine groups is 1. The van der Waals surface area contributed by atoms with Crippen LogP contribution in [0.25, 0.3) is 0 Å². The topological polar surface area (TPSA) is 123 Å². The minimum absolute atomic E-state index is 0.00629. The molecular weight excluding hydrogens is 507 g/mol. The zero-order valence-electron chi connectivity index (χ0n) is 21.2. The number of hydrogen-bond acceptors (Lipinski definition) is 3. The number of nitrogens with zero attached hydrogens (tertiary/aromatic N) is 1. The van der Waals surface area contributed by atoms with Crippen molar-refractivity contribution < 1.29 is 22.8 Å². The first-order valence-electron chi connectivity index (χ1n) is 12.6. The molecule has 0 unspecified atom stereocenters. The normalized spacial score (nSPS) is 13.5. The van der Waals surface area contributed by atoms with Gasteiger partial charge >= 0.3 is 6.18 Å². The van der Waals surface area contributed by atoms with E-state index in [1.165, 1.54) is 12.1 Å². The molecule has 4 rings (SSSR count). The number of fused-ring (bicyclic) bond motifs is 2. The molecule has 3 aromatic carbocycles. The maximum absolute atomic E-state index is 13.7. The maximum Gasteiger partial charge on any atom is 0.416 e. The number of halogens is 3. The third-order valence-corrected chi connectivity index (χ3v) is 6.70. The lowest BCUT2D eigenvalue weighted by Gasteiger charge is -2.29. The average molecular weight is 538 g/mol. The molecule has 0 saturated heterocycles. The van der Waals surface area contributed by atoms with E-state index in [0.717, 1.165) is 34.4 Å². The summed E-state index contributed by atoms with van der Waals surface area (Å²) >= 11 is 0. The summed E-state index contributed by atoms with van der Waals surface area (Å²) < 4.78 is 38.6. The highest BCUT2D eigenvalue weighted by atomic mass is 19.4. The van der Waals surface area contributed by atoms with E-state index in [1.54, 1.807) is 0 Å². The van der Waals surface area contributed by atoms with E-state index in [-0.39, 0.29) is 31.4 Å². The molecule has 0 fully saturated rings. The highest BCUT2D eigenvalue weighted by molar-refractivity contribution is 5.93. The van der Waals surface area contributed by atoms with E-state index in [9.17, 15) is 22.8 Å². The molecule has 1 atom stereocenters.